The minimum Gasteiger partial charge on any atom is -0.445 e. The monoisotopic (exact) mass is 253 g/mol. The van der Waals surface area contributed by atoms with Gasteiger partial charge in [-0.1, -0.05) is 16.8 Å². The van der Waals surface area contributed by atoms with Crippen molar-refractivity contribution < 1.29 is 14.1 Å². The zero-order chi connectivity index (χ0) is 9.14. The maximum Gasteiger partial charge on any atom is 0.362 e. The quantitative estimate of drug-likeness (QED) is 0.599. The van der Waals surface area contributed by atoms with Gasteiger partial charge in [0.05, 0.1) is 0 Å². The molecular weight excluding hydrogens is 249 g/mol. The van der Waals surface area contributed by atoms with Crippen LogP contribution in [0.15, 0.2) is 9.19 Å². The summed E-state index contributed by atoms with van der Waals surface area (Å²) in [5.74, 6) is -0.586. The molecular formula is C6H5BrClNO3. The standard InChI is InChI=1S/C6H5BrClNO3/c1-3-4(6(10)11-2-8)9-12-5(3)7/h2H2,1H3. The Bertz CT molecular complexity index is 299. The van der Waals surface area contributed by atoms with Crippen LogP contribution < -0.4 is 0 Å². The fraction of sp³-hybridized carbons (Fsp3) is 0.333. The molecule has 4 nitrogen and oxygen atoms in total. The Morgan fingerprint density at radius 1 is 1.83 bits per heavy atom. The van der Waals surface area contributed by atoms with Crippen LogP contribution in [0.1, 0.15) is 16.1 Å². The molecule has 1 heterocycles. The molecule has 0 aliphatic carbocycles. The van der Waals surface area contributed by atoms with Gasteiger partial charge >= 0.3 is 5.97 Å². The molecule has 0 fully saturated rings. The number of alkyl halides is 1. The van der Waals surface area contributed by atoms with Crippen LogP contribution in [-0.4, -0.2) is 17.2 Å². The highest BCUT2D eigenvalue weighted by Crippen LogP contribution is 2.19. The van der Waals surface area contributed by atoms with Crippen LogP contribution in [0, 0.1) is 6.92 Å². The second-order valence-corrected chi connectivity index (χ2v) is 2.91. The Hall–Kier alpha value is -0.550. The molecule has 12 heavy (non-hydrogen) atoms. The lowest BCUT2D eigenvalue weighted by Gasteiger charge is -1.95. The van der Waals surface area contributed by atoms with Gasteiger partial charge in [0.15, 0.2) is 11.8 Å². The number of hydrogen-bond donors (Lipinski definition) is 0. The lowest BCUT2D eigenvalue weighted by Crippen LogP contribution is -2.05. The first-order valence-corrected chi connectivity index (χ1v) is 4.34. The lowest BCUT2D eigenvalue weighted by atomic mass is 10.3. The van der Waals surface area contributed by atoms with Crippen LogP contribution in [-0.2, 0) is 4.74 Å². The predicted octanol–water partition coefficient (Wildman–Crippen LogP) is 2.10. The summed E-state index contributed by atoms with van der Waals surface area (Å²) in [4.78, 5) is 11.0. The van der Waals surface area contributed by atoms with Crippen LogP contribution in [0.3, 0.4) is 0 Å². The van der Waals surface area contributed by atoms with Crippen LogP contribution in [0.2, 0.25) is 0 Å². The van der Waals surface area contributed by atoms with Crippen molar-refractivity contribution in [2.75, 3.05) is 6.07 Å². The number of aromatic nitrogens is 1. The summed E-state index contributed by atoms with van der Waals surface area (Å²) in [6.07, 6.45) is 0. The lowest BCUT2D eigenvalue weighted by molar-refractivity contribution is 0.0561. The van der Waals surface area contributed by atoms with E-state index in [9.17, 15) is 4.79 Å². The normalized spacial score (nSPS) is 9.92. The van der Waals surface area contributed by atoms with E-state index in [2.05, 4.69) is 30.3 Å². The van der Waals surface area contributed by atoms with Crippen LogP contribution in [0.4, 0.5) is 0 Å². The molecule has 0 bridgehead atoms. The summed E-state index contributed by atoms with van der Waals surface area (Å²) in [7, 11) is 0. The third kappa shape index (κ3) is 1.78. The minimum absolute atomic E-state index is 0.141. The van der Waals surface area contributed by atoms with E-state index in [1.165, 1.54) is 0 Å². The van der Waals surface area contributed by atoms with E-state index in [4.69, 9.17) is 11.6 Å². The van der Waals surface area contributed by atoms with Crippen molar-refractivity contribution in [1.82, 2.24) is 5.16 Å². The first-order valence-electron chi connectivity index (χ1n) is 3.01. The molecule has 0 saturated carbocycles. The minimum atomic E-state index is -0.586. The molecule has 0 aliphatic heterocycles. The Kier molecular flexibility index (Phi) is 3.11. The molecule has 0 atom stereocenters. The maximum atomic E-state index is 11.0. The predicted molar refractivity (Wildman–Crippen MR) is 45.1 cm³/mol. The van der Waals surface area contributed by atoms with Crippen LogP contribution >= 0.6 is 27.5 Å². The number of ether oxygens (including phenoxy) is 1. The van der Waals surface area contributed by atoms with Gasteiger partial charge in [0, 0.05) is 5.56 Å². The molecule has 0 aromatic carbocycles. The first kappa shape index (κ1) is 9.54. The zero-order valence-electron chi connectivity index (χ0n) is 6.13. The maximum absolute atomic E-state index is 11.0. The Morgan fingerprint density at radius 2 is 2.50 bits per heavy atom. The van der Waals surface area contributed by atoms with Crippen molar-refractivity contribution in [1.29, 1.82) is 0 Å². The van der Waals surface area contributed by atoms with Crippen molar-refractivity contribution >= 4 is 33.5 Å². The molecule has 0 spiro atoms. The molecule has 0 radical (unpaired) electrons. The van der Waals surface area contributed by atoms with Crippen molar-refractivity contribution in [3.63, 3.8) is 0 Å². The molecule has 1 aromatic rings. The highest BCUT2D eigenvalue weighted by Gasteiger charge is 2.17. The van der Waals surface area contributed by atoms with E-state index in [0.29, 0.717) is 10.2 Å². The second kappa shape index (κ2) is 3.91. The van der Waals surface area contributed by atoms with E-state index in [1.54, 1.807) is 6.92 Å². The molecule has 0 N–H and O–H groups in total. The summed E-state index contributed by atoms with van der Waals surface area (Å²) < 4.78 is 9.61. The fourth-order valence-electron chi connectivity index (χ4n) is 0.624. The van der Waals surface area contributed by atoms with Gasteiger partial charge in [-0.15, -0.1) is 0 Å². The largest absolute Gasteiger partial charge is 0.445 e. The molecule has 66 valence electrons. The average Bonchev–Trinajstić information content (AvgIpc) is 2.34. The van der Waals surface area contributed by atoms with E-state index in [1.807, 2.05) is 0 Å². The van der Waals surface area contributed by atoms with Gasteiger partial charge in [-0.25, -0.2) is 4.79 Å². The number of halogens is 2. The summed E-state index contributed by atoms with van der Waals surface area (Å²) >= 11 is 8.26. The Labute approximate surface area is 81.9 Å². The molecule has 0 unspecified atom stereocenters. The van der Waals surface area contributed by atoms with E-state index in [0.717, 1.165) is 0 Å². The number of carbonyl (C=O) groups is 1. The SMILES string of the molecule is Cc1c(C(=O)OCCl)noc1Br. The zero-order valence-corrected chi connectivity index (χ0v) is 8.48. The van der Waals surface area contributed by atoms with Crippen molar-refractivity contribution in [3.05, 3.63) is 15.9 Å². The van der Waals surface area contributed by atoms with Crippen LogP contribution in [0.25, 0.3) is 0 Å². The third-order valence-electron chi connectivity index (χ3n) is 1.25. The van der Waals surface area contributed by atoms with Gasteiger partial charge in [0.1, 0.15) is 0 Å². The highest BCUT2D eigenvalue weighted by molar-refractivity contribution is 9.10. The number of esters is 1. The molecule has 0 aliphatic rings. The smallest absolute Gasteiger partial charge is 0.362 e. The molecule has 1 rings (SSSR count). The first-order chi connectivity index (χ1) is 5.66. The summed E-state index contributed by atoms with van der Waals surface area (Å²) in [5, 5.41) is 3.48. The van der Waals surface area contributed by atoms with Gasteiger partial charge in [0.2, 0.25) is 4.67 Å². The molecule has 0 amide bonds. The van der Waals surface area contributed by atoms with Crippen molar-refractivity contribution in [2.45, 2.75) is 6.92 Å². The number of carbonyl (C=O) groups excluding carboxylic acids is 1. The van der Waals surface area contributed by atoms with Gasteiger partial charge in [0.25, 0.3) is 0 Å². The summed E-state index contributed by atoms with van der Waals surface area (Å²) in [6, 6.07) is -0.192. The van der Waals surface area contributed by atoms with Crippen molar-refractivity contribution in [2.24, 2.45) is 0 Å². The second-order valence-electron chi connectivity index (χ2n) is 1.97. The number of hydrogen-bond acceptors (Lipinski definition) is 4. The Balaban J connectivity index is 2.88. The van der Waals surface area contributed by atoms with Crippen LogP contribution in [0.5, 0.6) is 0 Å². The van der Waals surface area contributed by atoms with Gasteiger partial charge < -0.3 is 9.26 Å². The third-order valence-corrected chi connectivity index (χ3v) is 2.09. The molecule has 6 heteroatoms. The van der Waals surface area contributed by atoms with Gasteiger partial charge in [-0.3, -0.25) is 0 Å². The topological polar surface area (TPSA) is 52.3 Å². The summed E-state index contributed by atoms with van der Waals surface area (Å²) in [6.45, 7) is 1.69. The van der Waals surface area contributed by atoms with Crippen molar-refractivity contribution in [3.8, 4) is 0 Å². The number of nitrogens with zero attached hydrogens (tertiary/aromatic N) is 1. The fourth-order valence-corrected chi connectivity index (χ4v) is 0.983. The highest BCUT2D eigenvalue weighted by atomic mass is 79.9. The van der Waals surface area contributed by atoms with Gasteiger partial charge in [-0.2, -0.15) is 0 Å². The average molecular weight is 254 g/mol. The molecule has 0 saturated heterocycles. The molecule has 1 aromatic heterocycles. The number of rotatable bonds is 2. The Morgan fingerprint density at radius 3 is 2.92 bits per heavy atom. The van der Waals surface area contributed by atoms with Gasteiger partial charge in [-0.05, 0) is 22.9 Å². The van der Waals surface area contributed by atoms with E-state index >= 15 is 0 Å². The summed E-state index contributed by atoms with van der Waals surface area (Å²) in [5.41, 5.74) is 0.743. The van der Waals surface area contributed by atoms with E-state index in [-0.39, 0.29) is 11.8 Å². The van der Waals surface area contributed by atoms with E-state index < -0.39 is 5.97 Å².